The molecule has 0 aliphatic carbocycles. The Morgan fingerprint density at radius 3 is 1.92 bits per heavy atom. The van der Waals surface area contributed by atoms with Gasteiger partial charge in [-0.25, -0.2) is 0 Å². The van der Waals surface area contributed by atoms with Gasteiger partial charge in [-0.3, -0.25) is 19.1 Å². The Labute approximate surface area is 212 Å². The van der Waals surface area contributed by atoms with Gasteiger partial charge in [0.25, 0.3) is 5.91 Å². The van der Waals surface area contributed by atoms with E-state index in [1.54, 1.807) is 4.68 Å². The van der Waals surface area contributed by atoms with Gasteiger partial charge in [0, 0.05) is 23.5 Å². The van der Waals surface area contributed by atoms with E-state index in [-0.39, 0.29) is 31.4 Å². The molecular formula is C28H34N4O4. The number of aromatic nitrogens is 2. The lowest BCUT2D eigenvalue weighted by Gasteiger charge is -2.09. The van der Waals surface area contributed by atoms with Gasteiger partial charge in [-0.2, -0.15) is 5.10 Å². The van der Waals surface area contributed by atoms with Crippen LogP contribution in [0.2, 0.25) is 0 Å². The Kier molecular flexibility index (Phi) is 8.64. The maximum Gasteiger partial charge on any atom is 0.306 e. The molecule has 36 heavy (non-hydrogen) atoms. The van der Waals surface area contributed by atoms with Gasteiger partial charge in [0.15, 0.2) is 6.61 Å². The molecule has 0 fully saturated rings. The van der Waals surface area contributed by atoms with Crippen molar-refractivity contribution in [2.24, 2.45) is 0 Å². The molecule has 0 aliphatic rings. The molecule has 1 aromatic heterocycles. The molecular weight excluding hydrogens is 456 g/mol. The van der Waals surface area contributed by atoms with Crippen LogP contribution in [0.5, 0.6) is 0 Å². The van der Waals surface area contributed by atoms with Crippen LogP contribution in [0.4, 0.5) is 11.4 Å². The lowest BCUT2D eigenvalue weighted by molar-refractivity contribution is -0.147. The van der Waals surface area contributed by atoms with Crippen LogP contribution in [0.1, 0.15) is 45.6 Å². The second-order valence-corrected chi connectivity index (χ2v) is 9.16. The number of aryl methyl sites for hydroxylation is 5. The Balaban J connectivity index is 1.49. The summed E-state index contributed by atoms with van der Waals surface area (Å²) in [5.74, 6) is -1.03. The Hall–Kier alpha value is -3.94. The number of esters is 1. The maximum absolute atomic E-state index is 12.5. The first-order chi connectivity index (χ1) is 17.0. The molecule has 2 amide bonds. The summed E-state index contributed by atoms with van der Waals surface area (Å²) in [5, 5.41) is 10.1. The highest BCUT2D eigenvalue weighted by molar-refractivity contribution is 5.93. The van der Waals surface area contributed by atoms with Crippen LogP contribution in [0.25, 0.3) is 0 Å². The highest BCUT2D eigenvalue weighted by atomic mass is 16.5. The zero-order chi connectivity index (χ0) is 26.4. The van der Waals surface area contributed by atoms with Crippen molar-refractivity contribution < 1.29 is 19.1 Å². The molecule has 0 saturated carbocycles. The van der Waals surface area contributed by atoms with E-state index in [9.17, 15) is 14.4 Å². The number of amides is 2. The molecule has 0 unspecified atom stereocenters. The Bertz CT molecular complexity index is 1290. The summed E-state index contributed by atoms with van der Waals surface area (Å²) in [6.07, 6.45) is 0.521. The normalized spacial score (nSPS) is 10.7. The van der Waals surface area contributed by atoms with Crippen molar-refractivity contribution in [1.29, 1.82) is 0 Å². The molecule has 0 spiro atoms. The van der Waals surface area contributed by atoms with Crippen molar-refractivity contribution in [3.63, 3.8) is 0 Å². The maximum atomic E-state index is 12.5. The summed E-state index contributed by atoms with van der Waals surface area (Å²) in [7, 11) is 0. The van der Waals surface area contributed by atoms with Crippen LogP contribution in [0.3, 0.4) is 0 Å². The molecule has 0 radical (unpaired) electrons. The SMILES string of the molecule is Cc1ccc(NC(=O)COC(=O)CCc2c(C)nn(CC(=O)Nc3ccc(C)c(C)c3)c2C)cc1C. The number of rotatable bonds is 9. The van der Waals surface area contributed by atoms with E-state index in [0.29, 0.717) is 12.1 Å². The molecule has 190 valence electrons. The number of hydrogen-bond acceptors (Lipinski definition) is 5. The molecule has 3 rings (SSSR count). The van der Waals surface area contributed by atoms with Gasteiger partial charge >= 0.3 is 5.97 Å². The third kappa shape index (κ3) is 7.04. The third-order valence-corrected chi connectivity index (χ3v) is 6.35. The summed E-state index contributed by atoms with van der Waals surface area (Å²) < 4.78 is 6.79. The van der Waals surface area contributed by atoms with E-state index in [1.807, 2.05) is 77.9 Å². The van der Waals surface area contributed by atoms with Gasteiger partial charge in [0.1, 0.15) is 6.54 Å². The fourth-order valence-corrected chi connectivity index (χ4v) is 3.87. The van der Waals surface area contributed by atoms with Crippen molar-refractivity contribution in [3.05, 3.63) is 75.6 Å². The molecule has 1 heterocycles. The minimum Gasteiger partial charge on any atom is -0.456 e. The molecule has 0 aliphatic heterocycles. The van der Waals surface area contributed by atoms with E-state index in [2.05, 4.69) is 15.7 Å². The number of nitrogens with zero attached hydrogens (tertiary/aromatic N) is 2. The van der Waals surface area contributed by atoms with E-state index >= 15 is 0 Å². The average Bonchev–Trinajstić information content (AvgIpc) is 3.08. The summed E-state index contributed by atoms with van der Waals surface area (Å²) >= 11 is 0. The number of carbonyl (C=O) groups is 3. The predicted octanol–water partition coefficient (Wildman–Crippen LogP) is 4.49. The zero-order valence-electron chi connectivity index (χ0n) is 21.8. The van der Waals surface area contributed by atoms with Crippen LogP contribution in [-0.2, 0) is 32.1 Å². The number of benzene rings is 2. The van der Waals surface area contributed by atoms with Crippen molar-refractivity contribution in [2.75, 3.05) is 17.2 Å². The summed E-state index contributed by atoms with van der Waals surface area (Å²) in [4.78, 5) is 36.9. The molecule has 8 nitrogen and oxygen atoms in total. The van der Waals surface area contributed by atoms with E-state index in [0.717, 1.165) is 44.9 Å². The predicted molar refractivity (Wildman–Crippen MR) is 140 cm³/mol. The van der Waals surface area contributed by atoms with E-state index in [4.69, 9.17) is 4.74 Å². The molecule has 2 N–H and O–H groups in total. The molecule has 0 bridgehead atoms. The molecule has 0 atom stereocenters. The number of carbonyl (C=O) groups excluding carboxylic acids is 3. The zero-order valence-corrected chi connectivity index (χ0v) is 21.8. The summed E-state index contributed by atoms with van der Waals surface area (Å²) in [6, 6.07) is 11.4. The first-order valence-electron chi connectivity index (χ1n) is 12.0. The lowest BCUT2D eigenvalue weighted by Crippen LogP contribution is -2.21. The van der Waals surface area contributed by atoms with Crippen molar-refractivity contribution in [3.8, 4) is 0 Å². The van der Waals surface area contributed by atoms with Crippen LogP contribution in [-0.4, -0.2) is 34.2 Å². The van der Waals surface area contributed by atoms with Crippen LogP contribution in [0.15, 0.2) is 36.4 Å². The van der Waals surface area contributed by atoms with Crippen molar-refractivity contribution in [1.82, 2.24) is 9.78 Å². The minimum absolute atomic E-state index is 0.0721. The second kappa shape index (κ2) is 11.7. The van der Waals surface area contributed by atoms with Gasteiger partial charge in [0.2, 0.25) is 5.91 Å². The molecule has 3 aromatic rings. The first-order valence-corrected chi connectivity index (χ1v) is 12.0. The quantitative estimate of drug-likeness (QED) is 0.431. The average molecular weight is 491 g/mol. The largest absolute Gasteiger partial charge is 0.456 e. The Morgan fingerprint density at radius 1 is 0.806 bits per heavy atom. The van der Waals surface area contributed by atoms with Crippen molar-refractivity contribution >= 4 is 29.2 Å². The number of ether oxygens (including phenoxy) is 1. The highest BCUT2D eigenvalue weighted by Crippen LogP contribution is 2.18. The number of anilines is 2. The fourth-order valence-electron chi connectivity index (χ4n) is 3.87. The summed E-state index contributed by atoms with van der Waals surface area (Å²) in [6.45, 7) is 11.4. The Morgan fingerprint density at radius 2 is 1.36 bits per heavy atom. The fraction of sp³-hybridized carbons (Fsp3) is 0.357. The smallest absolute Gasteiger partial charge is 0.306 e. The van der Waals surface area contributed by atoms with Gasteiger partial charge in [-0.15, -0.1) is 0 Å². The van der Waals surface area contributed by atoms with Gasteiger partial charge in [0.05, 0.1) is 5.69 Å². The lowest BCUT2D eigenvalue weighted by atomic mass is 10.1. The van der Waals surface area contributed by atoms with Crippen LogP contribution >= 0.6 is 0 Å². The summed E-state index contributed by atoms with van der Waals surface area (Å²) in [5.41, 5.74) is 8.36. The molecule has 0 saturated heterocycles. The van der Waals surface area contributed by atoms with E-state index < -0.39 is 5.97 Å². The van der Waals surface area contributed by atoms with E-state index in [1.165, 1.54) is 0 Å². The van der Waals surface area contributed by atoms with Gasteiger partial charge in [-0.1, -0.05) is 12.1 Å². The number of nitrogens with one attached hydrogen (secondary N) is 2. The third-order valence-electron chi connectivity index (χ3n) is 6.35. The van der Waals surface area contributed by atoms with Gasteiger partial charge in [-0.05, 0) is 100 Å². The molecule has 8 heteroatoms. The van der Waals surface area contributed by atoms with Gasteiger partial charge < -0.3 is 15.4 Å². The molecule has 2 aromatic carbocycles. The minimum atomic E-state index is -0.468. The van der Waals surface area contributed by atoms with Crippen LogP contribution in [0, 0.1) is 41.5 Å². The van der Waals surface area contributed by atoms with Crippen molar-refractivity contribution in [2.45, 2.75) is 60.9 Å². The monoisotopic (exact) mass is 490 g/mol. The standard InChI is InChI=1S/C28H34N4O4/c1-17-7-9-23(13-19(17)3)29-26(33)15-32-22(6)25(21(5)31-32)11-12-28(35)36-16-27(34)30-24-10-8-18(2)20(4)14-24/h7-10,13-14H,11-12,15-16H2,1-6H3,(H,29,33)(H,30,34). The topological polar surface area (TPSA) is 102 Å². The second-order valence-electron chi connectivity index (χ2n) is 9.16. The highest BCUT2D eigenvalue weighted by Gasteiger charge is 2.16. The van der Waals surface area contributed by atoms with Crippen LogP contribution < -0.4 is 10.6 Å². The number of hydrogen-bond donors (Lipinski definition) is 2. The first kappa shape index (κ1) is 26.7.